The predicted molar refractivity (Wildman–Crippen MR) is 299 cm³/mol. The second-order valence-electron chi connectivity index (χ2n) is 21.1. The Morgan fingerprint density at radius 3 is 2.24 bits per heavy atom. The molecule has 6 unspecified atom stereocenters. The maximum atomic E-state index is 15.6. The van der Waals surface area contributed by atoms with Crippen LogP contribution in [0.4, 0.5) is 0 Å². The number of hydrogen-bond donors (Lipinski definition) is 2. The van der Waals surface area contributed by atoms with Gasteiger partial charge in [0.05, 0.1) is 18.2 Å². The van der Waals surface area contributed by atoms with Crippen molar-refractivity contribution in [2.75, 3.05) is 19.8 Å². The van der Waals surface area contributed by atoms with Gasteiger partial charge in [-0.2, -0.15) is 0 Å². The highest BCUT2D eigenvalue weighted by Crippen LogP contribution is 2.62. The molecule has 0 saturated heterocycles. The number of nitrogens with zero attached hydrogens (tertiary/aromatic N) is 2. The first kappa shape index (κ1) is 54.5. The largest absolute Gasteiger partial charge is 0.459 e. The van der Waals surface area contributed by atoms with Crippen LogP contribution in [0.15, 0.2) is 139 Å². The Balaban J connectivity index is 1.29. The summed E-state index contributed by atoms with van der Waals surface area (Å²) >= 11 is 0. The minimum absolute atomic E-state index is 0.0599. The lowest BCUT2D eigenvalue weighted by Gasteiger charge is -2.60. The number of oxime groups is 1. The van der Waals surface area contributed by atoms with E-state index in [0.29, 0.717) is 43.7 Å². The van der Waals surface area contributed by atoms with Gasteiger partial charge in [0.25, 0.3) is 0 Å². The number of rotatable bonds is 29. The number of fused-ring (bicyclic) bond motifs is 3. The number of aliphatic hydroxyl groups is 2. The Morgan fingerprint density at radius 1 is 0.784 bits per heavy atom. The van der Waals surface area contributed by atoms with Crippen LogP contribution >= 0.6 is 0 Å². The Bertz CT molecular complexity index is 2660. The van der Waals surface area contributed by atoms with Crippen LogP contribution in [0.25, 0.3) is 10.8 Å². The van der Waals surface area contributed by atoms with Crippen molar-refractivity contribution in [1.82, 2.24) is 4.90 Å². The Morgan fingerprint density at radius 2 is 1.49 bits per heavy atom. The number of carbonyl (C=O) groups is 1. The summed E-state index contributed by atoms with van der Waals surface area (Å²) in [5, 5.41) is 27.6. The number of hydrogen-bond acceptors (Lipinski definition) is 8. The van der Waals surface area contributed by atoms with E-state index in [9.17, 15) is 10.2 Å². The van der Waals surface area contributed by atoms with E-state index < -0.39 is 17.7 Å². The van der Waals surface area contributed by atoms with Gasteiger partial charge in [0.15, 0.2) is 0 Å². The molecule has 0 aromatic heterocycles. The summed E-state index contributed by atoms with van der Waals surface area (Å²) in [6.07, 6.45) is 20.1. The summed E-state index contributed by atoms with van der Waals surface area (Å²) in [5.41, 5.74) is 7.23. The fourth-order valence-corrected chi connectivity index (χ4v) is 12.1. The van der Waals surface area contributed by atoms with E-state index in [0.717, 1.165) is 95.0 Å². The van der Waals surface area contributed by atoms with E-state index in [1.165, 1.54) is 44.1 Å². The van der Waals surface area contributed by atoms with Gasteiger partial charge in [-0.1, -0.05) is 167 Å². The summed E-state index contributed by atoms with van der Waals surface area (Å²) in [4.78, 5) is 24.1. The molecule has 8 rings (SSSR count). The monoisotopic (exact) mass is 1000 g/mol. The highest BCUT2D eigenvalue weighted by Gasteiger charge is 2.65. The average molecular weight is 1000 g/mol. The Labute approximate surface area is 441 Å². The van der Waals surface area contributed by atoms with Gasteiger partial charge < -0.3 is 34.2 Å². The third-order valence-corrected chi connectivity index (χ3v) is 16.0. The van der Waals surface area contributed by atoms with E-state index in [1.54, 1.807) is 6.08 Å². The SMILES string of the molecule is C=CCOC12Oc3ccc(Oc4ccc(C)c(C)c4)cc3C3C(CCCCO)C(CCCCO)C=C(C(=NOCc4ccccc4)CC1N(Cc1cccc4ccccc14)C(=O)CCCCCCCCCCC)C32. The number of allylic oxidation sites excluding steroid dienone is 1. The standard InChI is InChI=1S/C65H82N2O7/c1-5-7-8-9-10-11-12-13-17-33-62(70)67(45-52-30-24-29-50-27-18-19-31-55(50)52)61-44-59(66-72-46-49-25-15-14-16-26-49)57-42-51(28-20-22-38-68)56(32-21-23-39-69)63-58-43-54(73-53-35-34-47(3)48(4)41-53)36-37-60(58)74-65(61,64(57)63)71-40-6-2/h6,14-16,18-19,24-27,29-31,34-37,41-43,51,56,61,63-64,68-69H,2,5,7-13,17,20-23,28,32-33,38-40,44-46H2,1,3-4H3. The average Bonchev–Trinajstić information content (AvgIpc) is 3.45. The highest BCUT2D eigenvalue weighted by atomic mass is 16.7. The number of benzene rings is 5. The molecular formula is C65H82N2O7. The first-order valence-corrected chi connectivity index (χ1v) is 28.0. The second-order valence-corrected chi connectivity index (χ2v) is 21.1. The molecule has 3 aliphatic rings. The highest BCUT2D eigenvalue weighted by molar-refractivity contribution is 6.03. The fourth-order valence-electron chi connectivity index (χ4n) is 12.1. The first-order chi connectivity index (χ1) is 36.3. The van der Waals surface area contributed by atoms with E-state index in [1.807, 2.05) is 48.5 Å². The van der Waals surface area contributed by atoms with E-state index in [-0.39, 0.29) is 50.1 Å². The van der Waals surface area contributed by atoms with Crippen LogP contribution in [-0.4, -0.2) is 58.4 Å². The number of aliphatic hydroxyl groups excluding tert-OH is 2. The van der Waals surface area contributed by atoms with Crippen molar-refractivity contribution in [3.05, 3.63) is 161 Å². The molecule has 9 heteroatoms. The maximum Gasteiger partial charge on any atom is 0.239 e. The third-order valence-electron chi connectivity index (χ3n) is 16.0. The van der Waals surface area contributed by atoms with Crippen molar-refractivity contribution in [2.24, 2.45) is 22.9 Å². The summed E-state index contributed by atoms with van der Waals surface area (Å²) in [6, 6.07) is 36.6. The fraction of sp³-hybridized carbons (Fsp3) is 0.477. The molecule has 6 atom stereocenters. The molecule has 5 aromatic rings. The number of unbranched alkanes of at least 4 members (excludes halogenated alkanes) is 10. The minimum Gasteiger partial charge on any atom is -0.459 e. The quantitative estimate of drug-likeness (QED) is 0.0279. The third kappa shape index (κ3) is 13.2. The zero-order chi connectivity index (χ0) is 51.7. The normalized spacial score (nSPS) is 21.3. The lowest BCUT2D eigenvalue weighted by atomic mass is 9.55. The molecule has 394 valence electrons. The van der Waals surface area contributed by atoms with Gasteiger partial charge in [0.2, 0.25) is 11.7 Å². The molecule has 0 spiro atoms. The van der Waals surface area contributed by atoms with Gasteiger partial charge >= 0.3 is 0 Å². The predicted octanol–water partition coefficient (Wildman–Crippen LogP) is 15.0. The van der Waals surface area contributed by atoms with Crippen LogP contribution in [0.3, 0.4) is 0 Å². The van der Waals surface area contributed by atoms with Crippen molar-refractivity contribution < 1.29 is 34.1 Å². The molecule has 2 N–H and O–H groups in total. The smallest absolute Gasteiger partial charge is 0.239 e. The van der Waals surface area contributed by atoms with Gasteiger partial charge in [-0.3, -0.25) is 4.79 Å². The molecule has 1 saturated carbocycles. The molecular weight excluding hydrogens is 921 g/mol. The van der Waals surface area contributed by atoms with E-state index in [2.05, 4.69) is 99.0 Å². The van der Waals surface area contributed by atoms with Gasteiger partial charge in [-0.25, -0.2) is 0 Å². The zero-order valence-corrected chi connectivity index (χ0v) is 44.5. The lowest BCUT2D eigenvalue weighted by molar-refractivity contribution is -0.258. The molecule has 0 radical (unpaired) electrons. The molecule has 1 heterocycles. The zero-order valence-electron chi connectivity index (χ0n) is 44.5. The molecule has 74 heavy (non-hydrogen) atoms. The summed E-state index contributed by atoms with van der Waals surface area (Å²) in [5.74, 6) is 0.407. The van der Waals surface area contributed by atoms with Crippen molar-refractivity contribution >= 4 is 22.4 Å². The van der Waals surface area contributed by atoms with Crippen LogP contribution in [0.1, 0.15) is 150 Å². The van der Waals surface area contributed by atoms with E-state index >= 15 is 4.79 Å². The topological polar surface area (TPSA) is 110 Å². The van der Waals surface area contributed by atoms with Crippen molar-refractivity contribution in [3.63, 3.8) is 0 Å². The van der Waals surface area contributed by atoms with Crippen molar-refractivity contribution in [3.8, 4) is 17.2 Å². The van der Waals surface area contributed by atoms with Crippen LogP contribution in [0, 0.1) is 31.6 Å². The number of carbonyl (C=O) groups excluding carboxylic acids is 1. The molecule has 9 nitrogen and oxygen atoms in total. The summed E-state index contributed by atoms with van der Waals surface area (Å²) < 4.78 is 21.8. The van der Waals surface area contributed by atoms with Crippen LogP contribution in [0.5, 0.6) is 17.2 Å². The van der Waals surface area contributed by atoms with Gasteiger partial charge in [0, 0.05) is 44.1 Å². The van der Waals surface area contributed by atoms with Crippen LogP contribution < -0.4 is 9.47 Å². The summed E-state index contributed by atoms with van der Waals surface area (Å²) in [6.45, 7) is 11.7. The number of aryl methyl sites for hydroxylation is 2. The molecule has 0 bridgehead atoms. The molecule has 1 amide bonds. The number of ether oxygens (including phenoxy) is 3. The van der Waals surface area contributed by atoms with Gasteiger partial charge in [-0.15, -0.1) is 6.58 Å². The molecule has 1 aliphatic heterocycles. The van der Waals surface area contributed by atoms with Crippen LogP contribution in [-0.2, 0) is 27.5 Å². The Kier molecular flexibility index (Phi) is 20.0. The minimum atomic E-state index is -1.38. The number of amides is 1. The van der Waals surface area contributed by atoms with Gasteiger partial charge in [-0.05, 0) is 127 Å². The lowest BCUT2D eigenvalue weighted by Crippen LogP contribution is -2.70. The first-order valence-electron chi connectivity index (χ1n) is 28.0. The molecule has 2 aliphatic carbocycles. The summed E-state index contributed by atoms with van der Waals surface area (Å²) in [7, 11) is 0. The molecule has 1 fully saturated rings. The van der Waals surface area contributed by atoms with Gasteiger partial charge in [0.1, 0.15) is 29.9 Å². The molecule has 5 aromatic carbocycles. The maximum absolute atomic E-state index is 15.6. The Hall–Kier alpha value is -5.74. The second kappa shape index (κ2) is 27.2. The van der Waals surface area contributed by atoms with Crippen molar-refractivity contribution in [1.29, 1.82) is 0 Å². The van der Waals surface area contributed by atoms with Crippen molar-refractivity contribution in [2.45, 2.75) is 161 Å². The van der Waals surface area contributed by atoms with E-state index in [4.69, 9.17) is 24.2 Å². The van der Waals surface area contributed by atoms with Crippen LogP contribution in [0.2, 0.25) is 0 Å².